The van der Waals surface area contributed by atoms with Crippen LogP contribution in [0, 0.1) is 0 Å². The zero-order valence-electron chi connectivity index (χ0n) is 9.22. The molecule has 1 unspecified atom stereocenters. The van der Waals surface area contributed by atoms with E-state index >= 15 is 0 Å². The first-order valence-corrected chi connectivity index (χ1v) is 6.41. The minimum atomic E-state index is -0.0781. The van der Waals surface area contributed by atoms with Gasteiger partial charge < -0.3 is 10.6 Å². The van der Waals surface area contributed by atoms with Crippen LogP contribution in [0.3, 0.4) is 0 Å². The van der Waals surface area contributed by atoms with Crippen molar-refractivity contribution in [2.24, 2.45) is 0 Å². The fourth-order valence-corrected chi connectivity index (χ4v) is 3.02. The number of carbonyl (C=O) groups is 1. The molecule has 0 aromatic carbocycles. The quantitative estimate of drug-likeness (QED) is 0.840. The smallest absolute Gasteiger partial charge is 0.274 e. The molecule has 1 atom stereocenters. The van der Waals surface area contributed by atoms with E-state index in [1.54, 1.807) is 23.2 Å². The van der Waals surface area contributed by atoms with Gasteiger partial charge in [0.15, 0.2) is 5.69 Å². The van der Waals surface area contributed by atoms with Gasteiger partial charge in [-0.2, -0.15) is 11.8 Å². The molecule has 5 heteroatoms. The van der Waals surface area contributed by atoms with Crippen LogP contribution in [-0.2, 0) is 0 Å². The van der Waals surface area contributed by atoms with Crippen molar-refractivity contribution < 1.29 is 4.79 Å². The van der Waals surface area contributed by atoms with Gasteiger partial charge in [-0.05, 0) is 24.3 Å². The molecule has 0 aliphatic carbocycles. The molecule has 0 radical (unpaired) electrons. The number of carbonyl (C=O) groups excluding carboxylic acids is 1. The van der Waals surface area contributed by atoms with Crippen LogP contribution in [0.1, 0.15) is 16.9 Å². The Labute approximate surface area is 99.2 Å². The Kier molecular flexibility index (Phi) is 3.33. The number of aromatic nitrogens is 1. The van der Waals surface area contributed by atoms with E-state index in [-0.39, 0.29) is 5.91 Å². The molecular formula is C11H15N3OS. The molecule has 1 saturated heterocycles. The molecule has 4 nitrogen and oxygen atoms in total. The third kappa shape index (κ3) is 2.14. The molecular weight excluding hydrogens is 222 g/mol. The van der Waals surface area contributed by atoms with Crippen LogP contribution in [0.4, 0.5) is 5.69 Å². The van der Waals surface area contributed by atoms with E-state index in [1.807, 2.05) is 18.8 Å². The molecule has 0 spiro atoms. The maximum absolute atomic E-state index is 12.1. The minimum Gasteiger partial charge on any atom is -0.397 e. The number of nitrogens with two attached hydrogens (primary N) is 1. The van der Waals surface area contributed by atoms with Gasteiger partial charge in [-0.15, -0.1) is 0 Å². The fourth-order valence-electron chi connectivity index (χ4n) is 1.76. The number of pyridine rings is 1. The molecule has 1 aliphatic rings. The zero-order chi connectivity index (χ0) is 11.5. The maximum Gasteiger partial charge on any atom is 0.274 e. The highest BCUT2D eigenvalue weighted by molar-refractivity contribution is 7.99. The third-order valence-corrected chi connectivity index (χ3v) is 3.96. The average molecular weight is 237 g/mol. The van der Waals surface area contributed by atoms with Gasteiger partial charge in [0.25, 0.3) is 5.91 Å². The Balaban J connectivity index is 2.15. The van der Waals surface area contributed by atoms with E-state index in [9.17, 15) is 4.79 Å². The summed E-state index contributed by atoms with van der Waals surface area (Å²) in [7, 11) is 1.83. The summed E-state index contributed by atoms with van der Waals surface area (Å²) in [4.78, 5) is 17.9. The summed E-state index contributed by atoms with van der Waals surface area (Å²) in [5.74, 6) is 2.06. The molecule has 0 saturated carbocycles. The lowest BCUT2D eigenvalue weighted by Gasteiger charge is -2.23. The van der Waals surface area contributed by atoms with Crippen molar-refractivity contribution in [1.29, 1.82) is 0 Å². The van der Waals surface area contributed by atoms with Crippen LogP contribution in [0.15, 0.2) is 18.3 Å². The maximum atomic E-state index is 12.1. The molecule has 16 heavy (non-hydrogen) atoms. The highest BCUT2D eigenvalue weighted by atomic mass is 32.2. The van der Waals surface area contributed by atoms with Crippen molar-refractivity contribution in [3.8, 4) is 0 Å². The standard InChI is InChI=1S/C11H15N3OS/c1-14(8-4-6-16-7-8)11(15)10-9(12)3-2-5-13-10/h2-3,5,8H,4,6-7,12H2,1H3. The van der Waals surface area contributed by atoms with Crippen LogP contribution in [0.25, 0.3) is 0 Å². The van der Waals surface area contributed by atoms with Crippen LogP contribution in [-0.4, -0.2) is 40.4 Å². The van der Waals surface area contributed by atoms with Crippen LogP contribution < -0.4 is 5.73 Å². The lowest BCUT2D eigenvalue weighted by Crippen LogP contribution is -2.37. The van der Waals surface area contributed by atoms with Gasteiger partial charge >= 0.3 is 0 Å². The average Bonchev–Trinajstić information content (AvgIpc) is 2.81. The summed E-state index contributed by atoms with van der Waals surface area (Å²) in [5.41, 5.74) is 6.55. The SMILES string of the molecule is CN(C(=O)c1ncccc1N)C1CCSC1. The van der Waals surface area contributed by atoms with E-state index in [1.165, 1.54) is 0 Å². The van der Waals surface area contributed by atoms with Crippen molar-refractivity contribution in [2.75, 3.05) is 24.3 Å². The van der Waals surface area contributed by atoms with E-state index in [2.05, 4.69) is 4.98 Å². The largest absolute Gasteiger partial charge is 0.397 e. The lowest BCUT2D eigenvalue weighted by molar-refractivity contribution is 0.0743. The van der Waals surface area contributed by atoms with E-state index in [0.717, 1.165) is 17.9 Å². The van der Waals surface area contributed by atoms with Crippen molar-refractivity contribution in [2.45, 2.75) is 12.5 Å². The number of hydrogen-bond acceptors (Lipinski definition) is 4. The highest BCUT2D eigenvalue weighted by Crippen LogP contribution is 2.23. The van der Waals surface area contributed by atoms with Crippen molar-refractivity contribution in [3.63, 3.8) is 0 Å². The van der Waals surface area contributed by atoms with Crippen molar-refractivity contribution >= 4 is 23.4 Å². The summed E-state index contributed by atoms with van der Waals surface area (Å²) >= 11 is 1.88. The molecule has 2 N–H and O–H groups in total. The summed E-state index contributed by atoms with van der Waals surface area (Å²) in [6, 6.07) is 3.76. The number of nitrogens with zero attached hydrogens (tertiary/aromatic N) is 2. The molecule has 86 valence electrons. The minimum absolute atomic E-state index is 0.0781. The van der Waals surface area contributed by atoms with Gasteiger partial charge in [-0.25, -0.2) is 4.98 Å². The number of anilines is 1. The molecule has 1 aliphatic heterocycles. The first-order valence-electron chi connectivity index (χ1n) is 5.25. The predicted molar refractivity (Wildman–Crippen MR) is 66.5 cm³/mol. The molecule has 1 amide bonds. The van der Waals surface area contributed by atoms with Crippen LogP contribution >= 0.6 is 11.8 Å². The molecule has 1 fully saturated rings. The van der Waals surface area contributed by atoms with Gasteiger partial charge in [-0.1, -0.05) is 0 Å². The molecule has 2 rings (SSSR count). The summed E-state index contributed by atoms with van der Waals surface area (Å²) in [5, 5.41) is 0. The lowest BCUT2D eigenvalue weighted by atomic mass is 10.2. The van der Waals surface area contributed by atoms with Crippen LogP contribution in [0.5, 0.6) is 0 Å². The number of thioether (sulfide) groups is 1. The molecule has 1 aromatic rings. The van der Waals surface area contributed by atoms with Gasteiger partial charge in [0.05, 0.1) is 5.69 Å². The zero-order valence-corrected chi connectivity index (χ0v) is 10.0. The van der Waals surface area contributed by atoms with E-state index in [0.29, 0.717) is 17.4 Å². The van der Waals surface area contributed by atoms with Crippen molar-refractivity contribution in [1.82, 2.24) is 9.88 Å². The number of amides is 1. The second kappa shape index (κ2) is 4.74. The van der Waals surface area contributed by atoms with Gasteiger partial charge in [0, 0.05) is 25.0 Å². The second-order valence-corrected chi connectivity index (χ2v) is 5.02. The van der Waals surface area contributed by atoms with Gasteiger partial charge in [-0.3, -0.25) is 4.79 Å². The monoisotopic (exact) mass is 237 g/mol. The Morgan fingerprint density at radius 2 is 2.50 bits per heavy atom. The fraction of sp³-hybridized carbons (Fsp3) is 0.455. The van der Waals surface area contributed by atoms with E-state index < -0.39 is 0 Å². The second-order valence-electron chi connectivity index (χ2n) is 3.87. The van der Waals surface area contributed by atoms with Crippen LogP contribution in [0.2, 0.25) is 0 Å². The first-order chi connectivity index (χ1) is 7.70. The molecule has 0 bridgehead atoms. The van der Waals surface area contributed by atoms with Gasteiger partial charge in [0.1, 0.15) is 0 Å². The number of rotatable bonds is 2. The Morgan fingerprint density at radius 1 is 1.69 bits per heavy atom. The molecule has 1 aromatic heterocycles. The van der Waals surface area contributed by atoms with Gasteiger partial charge in [0.2, 0.25) is 0 Å². The topological polar surface area (TPSA) is 59.2 Å². The normalized spacial score (nSPS) is 19.7. The summed E-state index contributed by atoms with van der Waals surface area (Å²) < 4.78 is 0. The number of hydrogen-bond donors (Lipinski definition) is 1. The predicted octanol–water partition coefficient (Wildman–Crippen LogP) is 1.24. The number of nitrogen functional groups attached to an aromatic ring is 1. The Morgan fingerprint density at radius 3 is 3.12 bits per heavy atom. The van der Waals surface area contributed by atoms with Crippen molar-refractivity contribution in [3.05, 3.63) is 24.0 Å². The highest BCUT2D eigenvalue weighted by Gasteiger charge is 2.26. The first kappa shape index (κ1) is 11.3. The Bertz CT molecular complexity index is 391. The summed E-state index contributed by atoms with van der Waals surface area (Å²) in [6.07, 6.45) is 2.65. The van der Waals surface area contributed by atoms with E-state index in [4.69, 9.17) is 5.73 Å². The molecule has 2 heterocycles. The third-order valence-electron chi connectivity index (χ3n) is 2.82. The Hall–Kier alpha value is -1.23. The summed E-state index contributed by atoms with van der Waals surface area (Å²) in [6.45, 7) is 0.